The first-order valence-corrected chi connectivity index (χ1v) is 10.7. The summed E-state index contributed by atoms with van der Waals surface area (Å²) < 4.78 is 27.8. The molecule has 1 saturated heterocycles. The van der Waals surface area contributed by atoms with Crippen molar-refractivity contribution in [2.75, 3.05) is 24.2 Å². The van der Waals surface area contributed by atoms with Gasteiger partial charge in [0, 0.05) is 31.5 Å². The predicted molar refractivity (Wildman–Crippen MR) is 104 cm³/mol. The number of aromatic nitrogens is 4. The third-order valence-electron chi connectivity index (χ3n) is 4.80. The summed E-state index contributed by atoms with van der Waals surface area (Å²) in [5.74, 6) is 1.39. The van der Waals surface area contributed by atoms with Crippen molar-refractivity contribution in [2.24, 2.45) is 0 Å². The Hall–Kier alpha value is -2.52. The molecule has 1 N–H and O–H groups in total. The highest BCUT2D eigenvalue weighted by Gasteiger charge is 2.27. The molecule has 9 heteroatoms. The van der Waals surface area contributed by atoms with Gasteiger partial charge in [0.15, 0.2) is 5.82 Å². The van der Waals surface area contributed by atoms with Crippen LogP contribution in [-0.4, -0.2) is 57.0 Å². The summed E-state index contributed by atoms with van der Waals surface area (Å²) in [6.45, 7) is 2.73. The van der Waals surface area contributed by atoms with E-state index in [1.807, 2.05) is 28.8 Å². The van der Waals surface area contributed by atoms with Crippen LogP contribution in [-0.2, 0) is 10.0 Å². The molecule has 8 nitrogen and oxygen atoms in total. The summed E-state index contributed by atoms with van der Waals surface area (Å²) in [7, 11) is -3.17. The average Bonchev–Trinajstić information content (AvgIpc) is 3.13. The van der Waals surface area contributed by atoms with E-state index in [1.54, 1.807) is 29.7 Å². The van der Waals surface area contributed by atoms with E-state index in [2.05, 4.69) is 20.3 Å². The number of nitrogens with zero attached hydrogens (tertiary/aromatic N) is 5. The zero-order valence-electron chi connectivity index (χ0n) is 15.1. The van der Waals surface area contributed by atoms with Crippen LogP contribution < -0.4 is 5.32 Å². The van der Waals surface area contributed by atoms with E-state index in [1.165, 1.54) is 0 Å². The molecule has 1 aliphatic heterocycles. The standard InChI is InChI=1S/C18H22N6O2S/c1-2-27(25,26)23-10-5-6-14(13-23)21-16-8-9-19-18(22-16)15-12-20-17-7-3-4-11-24(15)17/h3-4,7-9,11-12,14H,2,5-6,10,13H2,1H3,(H,19,21,22)/t14-/m1/s1. The summed E-state index contributed by atoms with van der Waals surface area (Å²) in [4.78, 5) is 13.4. The summed E-state index contributed by atoms with van der Waals surface area (Å²) in [5.41, 5.74) is 1.65. The van der Waals surface area contributed by atoms with Crippen molar-refractivity contribution in [2.45, 2.75) is 25.8 Å². The molecule has 0 spiro atoms. The van der Waals surface area contributed by atoms with E-state index >= 15 is 0 Å². The minimum Gasteiger partial charge on any atom is -0.366 e. The highest BCUT2D eigenvalue weighted by Crippen LogP contribution is 2.21. The smallest absolute Gasteiger partial charge is 0.213 e. The Kier molecular flexibility index (Phi) is 4.79. The number of hydrogen-bond acceptors (Lipinski definition) is 6. The molecule has 1 atom stereocenters. The van der Waals surface area contributed by atoms with Crippen molar-refractivity contribution >= 4 is 21.5 Å². The van der Waals surface area contributed by atoms with E-state index in [-0.39, 0.29) is 11.8 Å². The van der Waals surface area contributed by atoms with Crippen LogP contribution in [0.3, 0.4) is 0 Å². The van der Waals surface area contributed by atoms with Crippen LogP contribution in [0.1, 0.15) is 19.8 Å². The fourth-order valence-electron chi connectivity index (χ4n) is 3.37. The Morgan fingerprint density at radius 2 is 2.15 bits per heavy atom. The first kappa shape index (κ1) is 17.9. The summed E-state index contributed by atoms with van der Waals surface area (Å²) >= 11 is 0. The van der Waals surface area contributed by atoms with Crippen LogP contribution in [0.15, 0.2) is 42.9 Å². The lowest BCUT2D eigenvalue weighted by Crippen LogP contribution is -2.45. The fourth-order valence-corrected chi connectivity index (χ4v) is 4.54. The molecule has 142 valence electrons. The number of hydrogen-bond donors (Lipinski definition) is 1. The highest BCUT2D eigenvalue weighted by molar-refractivity contribution is 7.89. The number of nitrogens with one attached hydrogen (secondary N) is 1. The molecular formula is C18H22N6O2S. The topological polar surface area (TPSA) is 92.5 Å². The largest absolute Gasteiger partial charge is 0.366 e. The van der Waals surface area contributed by atoms with Crippen molar-refractivity contribution in [3.05, 3.63) is 42.9 Å². The van der Waals surface area contributed by atoms with Crippen LogP contribution in [0.25, 0.3) is 17.2 Å². The second-order valence-corrected chi connectivity index (χ2v) is 8.84. The van der Waals surface area contributed by atoms with Crippen molar-refractivity contribution in [1.29, 1.82) is 0 Å². The molecule has 3 aromatic rings. The van der Waals surface area contributed by atoms with E-state index in [4.69, 9.17) is 0 Å². The van der Waals surface area contributed by atoms with Crippen LogP contribution in [0.2, 0.25) is 0 Å². The summed E-state index contributed by atoms with van der Waals surface area (Å²) in [5, 5.41) is 3.37. The Morgan fingerprint density at radius 1 is 1.26 bits per heavy atom. The van der Waals surface area contributed by atoms with Gasteiger partial charge in [0.25, 0.3) is 0 Å². The van der Waals surface area contributed by atoms with Crippen LogP contribution in [0, 0.1) is 0 Å². The van der Waals surface area contributed by atoms with Gasteiger partial charge in [-0.25, -0.2) is 23.4 Å². The predicted octanol–water partition coefficient (Wildman–Crippen LogP) is 2.02. The third kappa shape index (κ3) is 3.65. The average molecular weight is 386 g/mol. The lowest BCUT2D eigenvalue weighted by molar-refractivity contribution is 0.327. The quantitative estimate of drug-likeness (QED) is 0.721. The maximum absolute atomic E-state index is 12.1. The normalized spacial score (nSPS) is 18.6. The maximum Gasteiger partial charge on any atom is 0.213 e. The SMILES string of the molecule is CCS(=O)(=O)N1CCC[C@@H](Nc2ccnc(-c3cnc4ccccn34)n2)C1. The number of fused-ring (bicyclic) bond motifs is 1. The molecule has 0 aliphatic carbocycles. The molecule has 4 rings (SSSR count). The molecule has 0 unspecified atom stereocenters. The number of imidazole rings is 1. The molecule has 0 aromatic carbocycles. The van der Waals surface area contributed by atoms with Gasteiger partial charge < -0.3 is 5.32 Å². The van der Waals surface area contributed by atoms with Gasteiger partial charge in [-0.1, -0.05) is 6.07 Å². The second kappa shape index (κ2) is 7.24. The zero-order chi connectivity index (χ0) is 18.9. The minimum absolute atomic E-state index is 0.0324. The number of rotatable bonds is 5. The van der Waals surface area contributed by atoms with Gasteiger partial charge in [-0.3, -0.25) is 4.40 Å². The van der Waals surface area contributed by atoms with E-state index in [9.17, 15) is 8.42 Å². The molecular weight excluding hydrogens is 364 g/mol. The molecule has 1 fully saturated rings. The Balaban J connectivity index is 1.55. The number of piperidine rings is 1. The monoisotopic (exact) mass is 386 g/mol. The number of anilines is 1. The van der Waals surface area contributed by atoms with Crippen LogP contribution >= 0.6 is 0 Å². The van der Waals surface area contributed by atoms with E-state index in [0.717, 1.165) is 24.2 Å². The zero-order valence-corrected chi connectivity index (χ0v) is 15.9. The minimum atomic E-state index is -3.17. The Morgan fingerprint density at radius 3 is 3.00 bits per heavy atom. The van der Waals surface area contributed by atoms with Crippen LogP contribution in [0.4, 0.5) is 5.82 Å². The van der Waals surface area contributed by atoms with Gasteiger partial charge in [0.1, 0.15) is 17.2 Å². The first-order valence-electron chi connectivity index (χ1n) is 9.06. The highest BCUT2D eigenvalue weighted by atomic mass is 32.2. The summed E-state index contributed by atoms with van der Waals surface area (Å²) in [6, 6.07) is 7.64. The molecule has 0 bridgehead atoms. The molecule has 0 saturated carbocycles. The molecule has 1 aliphatic rings. The maximum atomic E-state index is 12.1. The van der Waals surface area contributed by atoms with Crippen molar-refractivity contribution in [3.63, 3.8) is 0 Å². The van der Waals surface area contributed by atoms with Gasteiger partial charge in [-0.15, -0.1) is 0 Å². The van der Waals surface area contributed by atoms with Gasteiger partial charge in [-0.05, 0) is 38.0 Å². The van der Waals surface area contributed by atoms with Crippen molar-refractivity contribution < 1.29 is 8.42 Å². The van der Waals surface area contributed by atoms with Gasteiger partial charge in [-0.2, -0.15) is 4.31 Å². The third-order valence-corrected chi connectivity index (χ3v) is 6.64. The van der Waals surface area contributed by atoms with E-state index in [0.29, 0.717) is 24.7 Å². The molecule has 0 radical (unpaired) electrons. The molecule has 4 heterocycles. The number of sulfonamides is 1. The lowest BCUT2D eigenvalue weighted by atomic mass is 10.1. The lowest BCUT2D eigenvalue weighted by Gasteiger charge is -2.32. The Labute approximate surface area is 158 Å². The molecule has 27 heavy (non-hydrogen) atoms. The molecule has 3 aromatic heterocycles. The second-order valence-electron chi connectivity index (χ2n) is 6.58. The van der Waals surface area contributed by atoms with Crippen molar-refractivity contribution in [1.82, 2.24) is 23.7 Å². The van der Waals surface area contributed by atoms with Gasteiger partial charge in [0.05, 0.1) is 11.9 Å². The van der Waals surface area contributed by atoms with Gasteiger partial charge in [0.2, 0.25) is 10.0 Å². The van der Waals surface area contributed by atoms with E-state index < -0.39 is 10.0 Å². The van der Waals surface area contributed by atoms with Crippen molar-refractivity contribution in [3.8, 4) is 11.5 Å². The fraction of sp³-hybridized carbons (Fsp3) is 0.389. The van der Waals surface area contributed by atoms with Gasteiger partial charge >= 0.3 is 0 Å². The first-order chi connectivity index (χ1) is 13.1. The molecule has 0 amide bonds. The summed E-state index contributed by atoms with van der Waals surface area (Å²) in [6.07, 6.45) is 7.13. The Bertz CT molecular complexity index is 1050. The van der Waals surface area contributed by atoms with Crippen LogP contribution in [0.5, 0.6) is 0 Å². The number of pyridine rings is 1.